The minimum atomic E-state index is -0.0812. The number of hydrogen-bond acceptors (Lipinski definition) is 5. The first-order chi connectivity index (χ1) is 12.5. The van der Waals surface area contributed by atoms with E-state index in [1.165, 1.54) is 5.56 Å². The number of aryl methyl sites for hydroxylation is 2. The Morgan fingerprint density at radius 3 is 2.67 bits per heavy atom. The van der Waals surface area contributed by atoms with Gasteiger partial charge in [-0.05, 0) is 43.9 Å². The molecule has 6 nitrogen and oxygen atoms in total. The third-order valence-electron chi connectivity index (χ3n) is 4.22. The zero-order chi connectivity index (χ0) is 18.5. The number of benzene rings is 2. The molecule has 0 saturated carbocycles. The van der Waals surface area contributed by atoms with E-state index in [2.05, 4.69) is 11.4 Å². The number of nitrogen functional groups attached to an aromatic ring is 1. The molecule has 7 heteroatoms. The van der Waals surface area contributed by atoms with Crippen molar-refractivity contribution in [2.24, 2.45) is 0 Å². The Balaban J connectivity index is 0.00000261. The van der Waals surface area contributed by atoms with Crippen LogP contribution in [0, 0.1) is 13.8 Å². The molecule has 3 rings (SSSR count). The fraction of sp³-hybridized carbons (Fsp3) is 0.350. The Kier molecular flexibility index (Phi) is 7.19. The number of fused-ring (bicyclic) bond motifs is 1. The normalized spacial score (nSPS) is 11.6. The van der Waals surface area contributed by atoms with Gasteiger partial charge in [-0.1, -0.05) is 12.1 Å². The molecule has 2 aromatic rings. The van der Waals surface area contributed by atoms with Crippen LogP contribution in [-0.2, 0) is 4.79 Å². The first kappa shape index (κ1) is 20.7. The van der Waals surface area contributed by atoms with Gasteiger partial charge in [-0.2, -0.15) is 0 Å². The summed E-state index contributed by atoms with van der Waals surface area (Å²) in [6, 6.07) is 9.50. The van der Waals surface area contributed by atoms with Crippen molar-refractivity contribution in [3.8, 4) is 17.2 Å². The molecule has 1 aliphatic heterocycles. The van der Waals surface area contributed by atoms with Crippen molar-refractivity contribution >= 4 is 29.7 Å². The van der Waals surface area contributed by atoms with Gasteiger partial charge in [0.25, 0.3) is 0 Å². The number of nitrogens with one attached hydrogen (secondary N) is 1. The summed E-state index contributed by atoms with van der Waals surface area (Å²) in [5, 5.41) is 2.82. The lowest BCUT2D eigenvalue weighted by atomic mass is 10.1. The van der Waals surface area contributed by atoms with Gasteiger partial charge in [0.05, 0.1) is 18.0 Å². The van der Waals surface area contributed by atoms with Crippen molar-refractivity contribution in [3.05, 3.63) is 41.5 Å². The van der Waals surface area contributed by atoms with Crippen molar-refractivity contribution in [1.29, 1.82) is 0 Å². The molecule has 3 N–H and O–H groups in total. The van der Waals surface area contributed by atoms with Crippen LogP contribution in [0.1, 0.15) is 30.4 Å². The Morgan fingerprint density at radius 2 is 1.89 bits per heavy atom. The van der Waals surface area contributed by atoms with E-state index >= 15 is 0 Å². The van der Waals surface area contributed by atoms with Gasteiger partial charge in [0.1, 0.15) is 5.75 Å². The van der Waals surface area contributed by atoms with Crippen LogP contribution in [0.4, 0.5) is 11.4 Å². The average molecular weight is 393 g/mol. The maximum Gasteiger partial charge on any atom is 0.231 e. The lowest BCUT2D eigenvalue weighted by molar-refractivity contribution is -0.116. The fourth-order valence-corrected chi connectivity index (χ4v) is 2.71. The first-order valence-electron chi connectivity index (χ1n) is 8.72. The van der Waals surface area contributed by atoms with E-state index in [1.54, 1.807) is 12.1 Å². The largest absolute Gasteiger partial charge is 0.493 e. The van der Waals surface area contributed by atoms with E-state index in [0.29, 0.717) is 35.9 Å². The van der Waals surface area contributed by atoms with Gasteiger partial charge in [-0.25, -0.2) is 0 Å². The molecule has 0 aromatic heterocycles. The smallest absolute Gasteiger partial charge is 0.231 e. The molecule has 146 valence electrons. The molecule has 1 aliphatic rings. The second-order valence-corrected chi connectivity index (χ2v) is 6.42. The van der Waals surface area contributed by atoms with Gasteiger partial charge in [0.15, 0.2) is 11.5 Å². The quantitative estimate of drug-likeness (QED) is 0.544. The summed E-state index contributed by atoms with van der Waals surface area (Å²) in [5.41, 5.74) is 9.23. The maximum absolute atomic E-state index is 12.1. The van der Waals surface area contributed by atoms with Crippen LogP contribution in [0.3, 0.4) is 0 Å². The molecule has 1 heterocycles. The molecule has 1 amide bonds. The summed E-state index contributed by atoms with van der Waals surface area (Å²) >= 11 is 0. The lowest BCUT2D eigenvalue weighted by Gasteiger charge is -2.11. The van der Waals surface area contributed by atoms with Crippen LogP contribution in [0.15, 0.2) is 30.3 Å². The second-order valence-electron chi connectivity index (χ2n) is 6.42. The molecule has 0 bridgehead atoms. The number of halogens is 1. The van der Waals surface area contributed by atoms with Gasteiger partial charge >= 0.3 is 0 Å². The number of hydrogen-bond donors (Lipinski definition) is 2. The summed E-state index contributed by atoms with van der Waals surface area (Å²) in [6.07, 6.45) is 1.95. The summed E-state index contributed by atoms with van der Waals surface area (Å²) in [7, 11) is 0. The molecule has 0 spiro atoms. The molecule has 0 aliphatic carbocycles. The van der Waals surface area contributed by atoms with E-state index in [9.17, 15) is 4.79 Å². The van der Waals surface area contributed by atoms with Crippen molar-refractivity contribution in [1.82, 2.24) is 0 Å². The molecule has 2 aromatic carbocycles. The highest BCUT2D eigenvalue weighted by Crippen LogP contribution is 2.38. The van der Waals surface area contributed by atoms with Crippen molar-refractivity contribution in [2.45, 2.75) is 33.1 Å². The van der Waals surface area contributed by atoms with Gasteiger partial charge < -0.3 is 25.3 Å². The van der Waals surface area contributed by atoms with Crippen LogP contribution >= 0.6 is 12.4 Å². The predicted octanol–water partition coefficient (Wildman–Crippen LogP) is 4.22. The van der Waals surface area contributed by atoms with Crippen LogP contribution in [0.2, 0.25) is 0 Å². The zero-order valence-corrected chi connectivity index (χ0v) is 16.4. The molecule has 0 radical (unpaired) electrons. The van der Waals surface area contributed by atoms with Gasteiger partial charge in [0, 0.05) is 18.6 Å². The molecule has 0 fully saturated rings. The standard InChI is InChI=1S/C20H24N2O4.ClH/c1-13-6-7-14(2)17(9-13)24-8-4-3-5-20(23)22-16-11-19-18(10-15(16)21)25-12-26-19;/h6-7,9-11H,3-5,8,12,21H2,1-2H3,(H,22,23);1H. The van der Waals surface area contributed by atoms with E-state index < -0.39 is 0 Å². The molecular weight excluding hydrogens is 368 g/mol. The average Bonchev–Trinajstić information content (AvgIpc) is 3.05. The number of anilines is 2. The molecule has 27 heavy (non-hydrogen) atoms. The minimum absolute atomic E-state index is 0. The minimum Gasteiger partial charge on any atom is -0.493 e. The summed E-state index contributed by atoms with van der Waals surface area (Å²) in [6.45, 7) is 4.83. The number of rotatable bonds is 7. The Morgan fingerprint density at radius 1 is 1.15 bits per heavy atom. The number of ether oxygens (including phenoxy) is 3. The van der Waals surface area contributed by atoms with Crippen LogP contribution in [0.5, 0.6) is 17.2 Å². The van der Waals surface area contributed by atoms with Gasteiger partial charge in [0.2, 0.25) is 12.7 Å². The fourth-order valence-electron chi connectivity index (χ4n) is 2.71. The number of unbranched alkanes of at least 4 members (excludes halogenated alkanes) is 1. The SMILES string of the molecule is Cc1ccc(C)c(OCCCCC(=O)Nc2cc3c(cc2N)OCO3)c1.Cl. The van der Waals surface area contributed by atoms with Gasteiger partial charge in [-0.3, -0.25) is 4.79 Å². The second kappa shape index (κ2) is 9.37. The Bertz CT molecular complexity index is 811. The number of nitrogens with two attached hydrogens (primary N) is 1. The monoisotopic (exact) mass is 392 g/mol. The Labute approximate surface area is 165 Å². The molecule has 0 saturated heterocycles. The summed E-state index contributed by atoms with van der Waals surface area (Å²) in [5.74, 6) is 2.02. The van der Waals surface area contributed by atoms with Crippen molar-refractivity contribution in [2.75, 3.05) is 24.5 Å². The van der Waals surface area contributed by atoms with Crippen molar-refractivity contribution in [3.63, 3.8) is 0 Å². The van der Waals surface area contributed by atoms with E-state index in [4.69, 9.17) is 19.9 Å². The zero-order valence-electron chi connectivity index (χ0n) is 15.5. The van der Waals surface area contributed by atoms with Crippen LogP contribution in [0.25, 0.3) is 0 Å². The highest BCUT2D eigenvalue weighted by atomic mass is 35.5. The topological polar surface area (TPSA) is 82.8 Å². The predicted molar refractivity (Wildman–Crippen MR) is 108 cm³/mol. The third kappa shape index (κ3) is 5.44. The summed E-state index contributed by atoms with van der Waals surface area (Å²) < 4.78 is 16.4. The first-order valence-corrected chi connectivity index (χ1v) is 8.72. The van der Waals surface area contributed by atoms with E-state index in [1.807, 2.05) is 26.0 Å². The highest BCUT2D eigenvalue weighted by molar-refractivity contribution is 5.94. The number of amides is 1. The van der Waals surface area contributed by atoms with Crippen molar-refractivity contribution < 1.29 is 19.0 Å². The number of carbonyl (C=O) groups is 1. The van der Waals surface area contributed by atoms with E-state index in [0.717, 1.165) is 24.2 Å². The lowest BCUT2D eigenvalue weighted by Crippen LogP contribution is -2.13. The molecule has 0 atom stereocenters. The third-order valence-corrected chi connectivity index (χ3v) is 4.22. The summed E-state index contributed by atoms with van der Waals surface area (Å²) in [4.78, 5) is 12.1. The molecular formula is C20H25ClN2O4. The van der Waals surface area contributed by atoms with E-state index in [-0.39, 0.29) is 25.1 Å². The number of carbonyl (C=O) groups excluding carboxylic acids is 1. The highest BCUT2D eigenvalue weighted by Gasteiger charge is 2.17. The van der Waals surface area contributed by atoms with Crippen LogP contribution < -0.4 is 25.3 Å². The maximum atomic E-state index is 12.1. The Hall–Kier alpha value is -2.60. The molecule has 0 unspecified atom stereocenters. The van der Waals surface area contributed by atoms with Gasteiger partial charge in [-0.15, -0.1) is 12.4 Å². The van der Waals surface area contributed by atoms with Crippen LogP contribution in [-0.4, -0.2) is 19.3 Å².